The maximum atomic E-state index is 13.0. The van der Waals surface area contributed by atoms with Crippen LogP contribution in [-0.2, 0) is 0 Å². The molecule has 2 heterocycles. The first kappa shape index (κ1) is 14.0. The van der Waals surface area contributed by atoms with Crippen molar-refractivity contribution < 1.29 is 4.79 Å². The summed E-state index contributed by atoms with van der Waals surface area (Å²) in [6.07, 6.45) is 0. The summed E-state index contributed by atoms with van der Waals surface area (Å²) in [5.74, 6) is 0.109. The number of piperazine rings is 1. The highest BCUT2D eigenvalue weighted by molar-refractivity contribution is 6.06. The van der Waals surface area contributed by atoms with Crippen LogP contribution in [0.3, 0.4) is 0 Å². The molecule has 0 bridgehead atoms. The van der Waals surface area contributed by atoms with Crippen molar-refractivity contribution in [3.8, 4) is 0 Å². The first-order valence-corrected chi connectivity index (χ1v) is 7.48. The van der Waals surface area contributed by atoms with E-state index in [1.807, 2.05) is 42.2 Å². The van der Waals surface area contributed by atoms with E-state index in [1.165, 1.54) is 0 Å². The van der Waals surface area contributed by atoms with Gasteiger partial charge in [-0.05, 0) is 32.9 Å². The van der Waals surface area contributed by atoms with Crippen molar-refractivity contribution in [1.82, 2.24) is 15.2 Å². The lowest BCUT2D eigenvalue weighted by atomic mass is 10.0. The second-order valence-corrected chi connectivity index (χ2v) is 5.81. The van der Waals surface area contributed by atoms with Gasteiger partial charge in [0.25, 0.3) is 5.91 Å². The highest BCUT2D eigenvalue weighted by atomic mass is 16.2. The Morgan fingerprint density at radius 1 is 1.33 bits per heavy atom. The van der Waals surface area contributed by atoms with E-state index in [4.69, 9.17) is 0 Å². The normalized spacial score (nSPS) is 22.5. The van der Waals surface area contributed by atoms with Crippen molar-refractivity contribution in [1.29, 1.82) is 0 Å². The predicted molar refractivity (Wildman–Crippen MR) is 84.4 cm³/mol. The highest BCUT2D eigenvalue weighted by Gasteiger charge is 2.29. The molecule has 0 aliphatic carbocycles. The molecule has 2 unspecified atom stereocenters. The number of fused-ring (bicyclic) bond motifs is 1. The molecule has 0 spiro atoms. The standard InChI is InChI=1S/C17H21N3O/c1-11-10-15(14-6-4-5-7-16(14)19-11)17(21)20-9-8-18-12(2)13(20)3/h4-7,10,12-13,18H,8-9H2,1-3H3. The van der Waals surface area contributed by atoms with Gasteiger partial charge in [0.15, 0.2) is 0 Å². The third-order valence-electron chi connectivity index (χ3n) is 4.37. The summed E-state index contributed by atoms with van der Waals surface area (Å²) in [7, 11) is 0. The van der Waals surface area contributed by atoms with Gasteiger partial charge in [0, 0.05) is 36.3 Å². The number of benzene rings is 1. The summed E-state index contributed by atoms with van der Waals surface area (Å²) in [6, 6.07) is 10.3. The zero-order valence-corrected chi connectivity index (χ0v) is 12.8. The summed E-state index contributed by atoms with van der Waals surface area (Å²) in [6.45, 7) is 7.76. The minimum atomic E-state index is 0.109. The molecule has 0 saturated carbocycles. The number of carbonyl (C=O) groups excluding carboxylic acids is 1. The molecule has 2 atom stereocenters. The summed E-state index contributed by atoms with van der Waals surface area (Å²) < 4.78 is 0. The van der Waals surface area contributed by atoms with Crippen LogP contribution in [0.4, 0.5) is 0 Å². The second kappa shape index (κ2) is 5.45. The molecule has 1 saturated heterocycles. The number of amides is 1. The summed E-state index contributed by atoms with van der Waals surface area (Å²) >= 11 is 0. The Labute approximate surface area is 125 Å². The van der Waals surface area contributed by atoms with Crippen molar-refractivity contribution in [3.05, 3.63) is 41.6 Å². The van der Waals surface area contributed by atoms with E-state index in [0.29, 0.717) is 6.04 Å². The number of carbonyl (C=O) groups is 1. The number of aromatic nitrogens is 1. The van der Waals surface area contributed by atoms with Gasteiger partial charge < -0.3 is 10.2 Å². The Morgan fingerprint density at radius 3 is 2.90 bits per heavy atom. The van der Waals surface area contributed by atoms with Gasteiger partial charge >= 0.3 is 0 Å². The maximum Gasteiger partial charge on any atom is 0.254 e. The van der Waals surface area contributed by atoms with Crippen molar-refractivity contribution in [2.24, 2.45) is 0 Å². The van der Waals surface area contributed by atoms with Crippen LogP contribution in [0.25, 0.3) is 10.9 Å². The van der Waals surface area contributed by atoms with Gasteiger partial charge in [-0.1, -0.05) is 18.2 Å². The lowest BCUT2D eigenvalue weighted by molar-refractivity contribution is 0.0605. The van der Waals surface area contributed by atoms with Gasteiger partial charge in [0.05, 0.1) is 11.1 Å². The van der Waals surface area contributed by atoms with Gasteiger partial charge in [-0.3, -0.25) is 9.78 Å². The molecule has 1 aliphatic rings. The molecule has 3 rings (SSSR count). The number of rotatable bonds is 1. The maximum absolute atomic E-state index is 13.0. The van der Waals surface area contributed by atoms with Crippen LogP contribution in [0, 0.1) is 6.92 Å². The molecule has 1 aromatic carbocycles. The third-order valence-corrected chi connectivity index (χ3v) is 4.37. The number of hydrogen-bond acceptors (Lipinski definition) is 3. The summed E-state index contributed by atoms with van der Waals surface area (Å²) in [4.78, 5) is 19.5. The van der Waals surface area contributed by atoms with Gasteiger partial charge in [0.1, 0.15) is 0 Å². The summed E-state index contributed by atoms with van der Waals surface area (Å²) in [5.41, 5.74) is 2.53. The predicted octanol–water partition coefficient (Wildman–Crippen LogP) is 2.37. The Morgan fingerprint density at radius 2 is 2.10 bits per heavy atom. The molecule has 1 amide bonds. The summed E-state index contributed by atoms with van der Waals surface area (Å²) in [5, 5.41) is 4.35. The first-order chi connectivity index (χ1) is 10.1. The van der Waals surface area contributed by atoms with E-state index in [0.717, 1.165) is 35.2 Å². The van der Waals surface area contributed by atoms with Gasteiger partial charge in [-0.25, -0.2) is 0 Å². The average molecular weight is 283 g/mol. The molecule has 4 heteroatoms. The smallest absolute Gasteiger partial charge is 0.254 e. The Bertz CT molecular complexity index is 683. The van der Waals surface area contributed by atoms with E-state index in [1.54, 1.807) is 0 Å². The number of nitrogens with zero attached hydrogens (tertiary/aromatic N) is 2. The van der Waals surface area contributed by atoms with Crippen LogP contribution in [0.2, 0.25) is 0 Å². The average Bonchev–Trinajstić information content (AvgIpc) is 2.48. The number of pyridine rings is 1. The highest BCUT2D eigenvalue weighted by Crippen LogP contribution is 2.22. The molecular formula is C17H21N3O. The van der Waals surface area contributed by atoms with Crippen LogP contribution in [0.5, 0.6) is 0 Å². The third kappa shape index (κ3) is 2.51. The number of nitrogens with one attached hydrogen (secondary N) is 1. The van der Waals surface area contributed by atoms with Crippen molar-refractivity contribution >= 4 is 16.8 Å². The van der Waals surface area contributed by atoms with Crippen LogP contribution in [-0.4, -0.2) is 41.0 Å². The van der Waals surface area contributed by atoms with Gasteiger partial charge in [-0.2, -0.15) is 0 Å². The molecule has 1 aliphatic heterocycles. The van der Waals surface area contributed by atoms with E-state index in [-0.39, 0.29) is 11.9 Å². The fourth-order valence-corrected chi connectivity index (χ4v) is 2.98. The molecule has 110 valence electrons. The zero-order chi connectivity index (χ0) is 15.0. The van der Waals surface area contributed by atoms with E-state index >= 15 is 0 Å². The fraction of sp³-hybridized carbons (Fsp3) is 0.412. The lowest BCUT2D eigenvalue weighted by Crippen LogP contribution is -2.57. The van der Waals surface area contributed by atoms with Gasteiger partial charge in [-0.15, -0.1) is 0 Å². The Kier molecular flexibility index (Phi) is 3.64. The largest absolute Gasteiger partial charge is 0.333 e. The SMILES string of the molecule is Cc1cc(C(=O)N2CCNC(C)C2C)c2ccccc2n1. The monoisotopic (exact) mass is 283 g/mol. The molecule has 2 aromatic rings. The number of aryl methyl sites for hydroxylation is 1. The minimum absolute atomic E-state index is 0.109. The zero-order valence-electron chi connectivity index (χ0n) is 12.8. The molecule has 1 aromatic heterocycles. The molecule has 21 heavy (non-hydrogen) atoms. The second-order valence-electron chi connectivity index (χ2n) is 5.81. The first-order valence-electron chi connectivity index (χ1n) is 7.48. The quantitative estimate of drug-likeness (QED) is 0.874. The van der Waals surface area contributed by atoms with Crippen molar-refractivity contribution in [2.75, 3.05) is 13.1 Å². The van der Waals surface area contributed by atoms with E-state index < -0.39 is 0 Å². The van der Waals surface area contributed by atoms with Gasteiger partial charge in [0.2, 0.25) is 0 Å². The molecular weight excluding hydrogens is 262 g/mol. The number of hydrogen-bond donors (Lipinski definition) is 1. The Balaban J connectivity index is 2.05. The van der Waals surface area contributed by atoms with Crippen molar-refractivity contribution in [2.45, 2.75) is 32.9 Å². The molecule has 1 N–H and O–H groups in total. The number of para-hydroxylation sites is 1. The van der Waals surface area contributed by atoms with E-state index in [9.17, 15) is 4.79 Å². The van der Waals surface area contributed by atoms with Crippen molar-refractivity contribution in [3.63, 3.8) is 0 Å². The molecule has 1 fully saturated rings. The fourth-order valence-electron chi connectivity index (χ4n) is 2.98. The lowest BCUT2D eigenvalue weighted by Gasteiger charge is -2.38. The van der Waals surface area contributed by atoms with Crippen LogP contribution >= 0.6 is 0 Å². The Hall–Kier alpha value is -1.94. The molecule has 0 radical (unpaired) electrons. The van der Waals surface area contributed by atoms with Crippen LogP contribution in [0.15, 0.2) is 30.3 Å². The topological polar surface area (TPSA) is 45.2 Å². The molecule has 4 nitrogen and oxygen atoms in total. The minimum Gasteiger partial charge on any atom is -0.333 e. The van der Waals surface area contributed by atoms with Crippen LogP contribution in [0.1, 0.15) is 29.9 Å². The van der Waals surface area contributed by atoms with E-state index in [2.05, 4.69) is 24.1 Å². The van der Waals surface area contributed by atoms with Crippen LogP contribution < -0.4 is 5.32 Å².